The highest BCUT2D eigenvalue weighted by Gasteiger charge is 2.47. The number of aromatic nitrogens is 1. The van der Waals surface area contributed by atoms with Gasteiger partial charge in [0.15, 0.2) is 0 Å². The lowest BCUT2D eigenvalue weighted by molar-refractivity contribution is -0.133. The number of amides is 2. The Morgan fingerprint density at radius 1 is 1.34 bits per heavy atom. The summed E-state index contributed by atoms with van der Waals surface area (Å²) in [5.41, 5.74) is 0.440. The van der Waals surface area contributed by atoms with Crippen LogP contribution in [0.5, 0.6) is 0 Å². The van der Waals surface area contributed by atoms with Gasteiger partial charge in [-0.2, -0.15) is 0 Å². The number of ether oxygens (including phenoxy) is 1. The Hall–Kier alpha value is -2.35. The number of hydrogen-bond acceptors (Lipinski definition) is 4. The van der Waals surface area contributed by atoms with Crippen LogP contribution in [0.3, 0.4) is 0 Å². The van der Waals surface area contributed by atoms with Crippen molar-refractivity contribution in [3.8, 4) is 0 Å². The lowest BCUT2D eigenvalue weighted by Gasteiger charge is -2.44. The second-order valence-electron chi connectivity index (χ2n) is 7.34. The Morgan fingerprint density at radius 3 is 2.93 bits per heavy atom. The van der Waals surface area contributed by atoms with E-state index in [1.807, 2.05) is 47.2 Å². The van der Waals surface area contributed by atoms with Crippen molar-refractivity contribution >= 4 is 45.0 Å². The number of nitrogens with one attached hydrogen (secondary N) is 1. The van der Waals surface area contributed by atoms with Crippen LogP contribution < -0.4 is 5.32 Å². The molecule has 3 aromatic rings. The first-order chi connectivity index (χ1) is 13.9. The summed E-state index contributed by atoms with van der Waals surface area (Å²) in [5, 5.41) is 6.53. The summed E-state index contributed by atoms with van der Waals surface area (Å²) < 4.78 is 7.01. The van der Waals surface area contributed by atoms with E-state index in [1.54, 1.807) is 29.4 Å². The fourth-order valence-corrected chi connectivity index (χ4v) is 4.89. The molecule has 1 aromatic carbocycles. The summed E-state index contributed by atoms with van der Waals surface area (Å²) in [6.07, 6.45) is 0. The molecule has 0 aliphatic carbocycles. The van der Waals surface area contributed by atoms with E-state index in [9.17, 15) is 9.59 Å². The molecule has 152 valence electrons. The van der Waals surface area contributed by atoms with Gasteiger partial charge in [-0.25, -0.2) is 0 Å². The van der Waals surface area contributed by atoms with Gasteiger partial charge in [0.25, 0.3) is 5.91 Å². The van der Waals surface area contributed by atoms with Crippen molar-refractivity contribution in [3.63, 3.8) is 0 Å². The van der Waals surface area contributed by atoms with Crippen LogP contribution in [0.15, 0.2) is 41.8 Å². The van der Waals surface area contributed by atoms with Crippen LogP contribution in [0, 0.1) is 0 Å². The molecule has 0 saturated carbocycles. The Labute approximate surface area is 178 Å². The molecule has 1 N–H and O–H groups in total. The summed E-state index contributed by atoms with van der Waals surface area (Å²) in [6.45, 7) is 3.30. The zero-order chi connectivity index (χ0) is 20.6. The fourth-order valence-electron chi connectivity index (χ4n) is 3.78. The van der Waals surface area contributed by atoms with E-state index >= 15 is 0 Å². The molecule has 2 aromatic heterocycles. The minimum Gasteiger partial charge on any atom is -0.383 e. The van der Waals surface area contributed by atoms with Gasteiger partial charge >= 0.3 is 0 Å². The SMILES string of the molecule is COCCNC(=O)[C@]1(C)Cn2c(cc3ccsc32)C(=O)N1Cc1cccc(Cl)c1. The average molecular weight is 432 g/mol. The third-order valence-electron chi connectivity index (χ3n) is 5.34. The third-order valence-corrected chi connectivity index (χ3v) is 6.53. The van der Waals surface area contributed by atoms with Crippen LogP contribution in [0.2, 0.25) is 5.02 Å². The van der Waals surface area contributed by atoms with E-state index in [1.165, 1.54) is 0 Å². The largest absolute Gasteiger partial charge is 0.383 e. The highest BCUT2D eigenvalue weighted by Crippen LogP contribution is 2.35. The molecule has 3 heterocycles. The predicted molar refractivity (Wildman–Crippen MR) is 114 cm³/mol. The van der Waals surface area contributed by atoms with Gasteiger partial charge in [0.05, 0.1) is 13.2 Å². The Balaban J connectivity index is 1.75. The van der Waals surface area contributed by atoms with Crippen molar-refractivity contribution in [1.82, 2.24) is 14.8 Å². The van der Waals surface area contributed by atoms with E-state index in [4.69, 9.17) is 16.3 Å². The van der Waals surface area contributed by atoms with E-state index in [2.05, 4.69) is 5.32 Å². The number of carbonyl (C=O) groups excluding carboxylic acids is 2. The molecule has 0 spiro atoms. The van der Waals surface area contributed by atoms with Crippen LogP contribution in [0.25, 0.3) is 10.2 Å². The third kappa shape index (κ3) is 3.54. The van der Waals surface area contributed by atoms with Crippen molar-refractivity contribution in [3.05, 3.63) is 58.1 Å². The summed E-state index contributed by atoms with van der Waals surface area (Å²) in [6, 6.07) is 11.3. The Morgan fingerprint density at radius 2 is 2.17 bits per heavy atom. The molecule has 6 nitrogen and oxygen atoms in total. The maximum atomic E-state index is 13.5. The Kier molecular flexibility index (Phi) is 5.38. The molecule has 0 bridgehead atoms. The van der Waals surface area contributed by atoms with Gasteiger partial charge in [-0.15, -0.1) is 11.3 Å². The molecule has 0 radical (unpaired) electrons. The molecule has 1 aliphatic rings. The smallest absolute Gasteiger partial charge is 0.271 e. The summed E-state index contributed by atoms with van der Waals surface area (Å²) in [4.78, 5) is 29.4. The maximum absolute atomic E-state index is 13.5. The second kappa shape index (κ2) is 7.82. The summed E-state index contributed by atoms with van der Waals surface area (Å²) >= 11 is 7.71. The quantitative estimate of drug-likeness (QED) is 0.607. The van der Waals surface area contributed by atoms with Crippen molar-refractivity contribution in [1.29, 1.82) is 0 Å². The molecule has 1 aliphatic heterocycles. The van der Waals surface area contributed by atoms with Gasteiger partial charge in [-0.05, 0) is 42.1 Å². The minimum absolute atomic E-state index is 0.163. The number of halogens is 1. The number of fused-ring (bicyclic) bond motifs is 3. The number of thiophene rings is 1. The monoisotopic (exact) mass is 431 g/mol. The number of benzene rings is 1. The molecule has 2 amide bonds. The van der Waals surface area contributed by atoms with E-state index in [-0.39, 0.29) is 11.8 Å². The lowest BCUT2D eigenvalue weighted by atomic mass is 9.94. The first kappa shape index (κ1) is 19.9. The van der Waals surface area contributed by atoms with Gasteiger partial charge in [0.2, 0.25) is 5.91 Å². The van der Waals surface area contributed by atoms with Crippen molar-refractivity contribution < 1.29 is 14.3 Å². The molecule has 0 saturated heterocycles. The van der Waals surface area contributed by atoms with Crippen LogP contribution in [-0.4, -0.2) is 47.1 Å². The van der Waals surface area contributed by atoms with E-state index in [0.29, 0.717) is 37.0 Å². The Bertz CT molecular complexity index is 1080. The van der Waals surface area contributed by atoms with Crippen molar-refractivity contribution in [2.75, 3.05) is 20.3 Å². The molecular formula is C21H22ClN3O3S. The van der Waals surface area contributed by atoms with Crippen molar-refractivity contribution in [2.45, 2.75) is 25.6 Å². The van der Waals surface area contributed by atoms with Crippen molar-refractivity contribution in [2.24, 2.45) is 0 Å². The number of carbonyl (C=O) groups is 2. The first-order valence-corrected chi connectivity index (χ1v) is 10.6. The molecular weight excluding hydrogens is 410 g/mol. The van der Waals surface area contributed by atoms with Gasteiger partial charge in [-0.1, -0.05) is 23.7 Å². The van der Waals surface area contributed by atoms with Crippen LogP contribution in [0.4, 0.5) is 0 Å². The molecule has 0 fully saturated rings. The zero-order valence-electron chi connectivity index (χ0n) is 16.3. The van der Waals surface area contributed by atoms with Crippen LogP contribution in [-0.2, 0) is 22.6 Å². The highest BCUT2D eigenvalue weighted by molar-refractivity contribution is 7.16. The summed E-state index contributed by atoms with van der Waals surface area (Å²) in [5.74, 6) is -0.363. The molecule has 29 heavy (non-hydrogen) atoms. The second-order valence-corrected chi connectivity index (χ2v) is 8.67. The lowest BCUT2D eigenvalue weighted by Crippen LogP contribution is -2.63. The molecule has 8 heteroatoms. The summed E-state index contributed by atoms with van der Waals surface area (Å²) in [7, 11) is 1.59. The predicted octanol–water partition coefficient (Wildman–Crippen LogP) is 3.53. The maximum Gasteiger partial charge on any atom is 0.271 e. The molecule has 4 rings (SSSR count). The number of hydrogen-bond donors (Lipinski definition) is 1. The van der Waals surface area contributed by atoms with Gasteiger partial charge in [-0.3, -0.25) is 9.59 Å². The molecule has 1 atom stereocenters. The van der Waals surface area contributed by atoms with Crippen LogP contribution >= 0.6 is 22.9 Å². The number of nitrogens with zero attached hydrogens (tertiary/aromatic N) is 2. The average Bonchev–Trinajstić information content (AvgIpc) is 3.28. The zero-order valence-corrected chi connectivity index (χ0v) is 17.8. The van der Waals surface area contributed by atoms with E-state index in [0.717, 1.165) is 15.8 Å². The normalized spacial score (nSPS) is 18.9. The standard InChI is InChI=1S/C21H22ClN3O3S/c1-21(20(27)23-7-8-28-2)13-24-17(11-15-6-9-29-19(15)24)18(26)25(21)12-14-4-3-5-16(22)10-14/h3-6,9-11H,7-8,12-13H2,1-2H3,(H,23,27)/t21-/m0/s1. The van der Waals surface area contributed by atoms with Crippen LogP contribution in [0.1, 0.15) is 23.0 Å². The van der Waals surface area contributed by atoms with Gasteiger partial charge in [0.1, 0.15) is 16.1 Å². The number of methoxy groups -OCH3 is 1. The first-order valence-electron chi connectivity index (χ1n) is 9.34. The van der Waals surface area contributed by atoms with Gasteiger partial charge in [0, 0.05) is 30.6 Å². The fraction of sp³-hybridized carbons (Fsp3) is 0.333. The van der Waals surface area contributed by atoms with E-state index < -0.39 is 5.54 Å². The topological polar surface area (TPSA) is 63.6 Å². The van der Waals surface area contributed by atoms with Gasteiger partial charge < -0.3 is 19.5 Å². The highest BCUT2D eigenvalue weighted by atomic mass is 35.5. The number of rotatable bonds is 6. The minimum atomic E-state index is -1.05. The molecule has 0 unspecified atom stereocenters.